The highest BCUT2D eigenvalue weighted by atomic mass is 32.1. The van der Waals surface area contributed by atoms with E-state index in [1.54, 1.807) is 12.1 Å². The van der Waals surface area contributed by atoms with Crippen molar-refractivity contribution in [2.75, 3.05) is 42.3 Å². The first-order chi connectivity index (χ1) is 13.2. The Kier molecular flexibility index (Phi) is 5.83. The minimum Gasteiger partial charge on any atom is -0.382 e. The van der Waals surface area contributed by atoms with Gasteiger partial charge in [0.1, 0.15) is 11.6 Å². The van der Waals surface area contributed by atoms with Gasteiger partial charge in [-0.05, 0) is 48.8 Å². The second-order valence-electron chi connectivity index (χ2n) is 7.36. The Morgan fingerprint density at radius 1 is 1.15 bits per heavy atom. The van der Waals surface area contributed by atoms with E-state index >= 15 is 0 Å². The number of hydrogen-bond donors (Lipinski definition) is 2. The molecule has 144 valence electrons. The van der Waals surface area contributed by atoms with Crippen LogP contribution in [-0.2, 0) is 11.2 Å². The van der Waals surface area contributed by atoms with Gasteiger partial charge in [0.05, 0.1) is 0 Å². The van der Waals surface area contributed by atoms with E-state index in [0.29, 0.717) is 12.0 Å². The van der Waals surface area contributed by atoms with Crippen molar-refractivity contribution >= 4 is 24.1 Å². The van der Waals surface area contributed by atoms with Gasteiger partial charge in [-0.2, -0.15) is 12.6 Å². The standard InChI is InChI=1S/C21H26FN3OS/c22-17-3-1-15(2-4-17)16-13-25(14-16)21-12-20(11-19(24-21)7-10-27)23-18-5-8-26-9-6-18/h1-4,11-12,16,18,27H,5-10,13-14H2,(H,23,24). The van der Waals surface area contributed by atoms with Crippen LogP contribution in [0.2, 0.25) is 0 Å². The molecule has 3 heterocycles. The van der Waals surface area contributed by atoms with Gasteiger partial charge in [-0.25, -0.2) is 9.37 Å². The molecule has 2 aliphatic heterocycles. The van der Waals surface area contributed by atoms with Crippen LogP contribution in [-0.4, -0.2) is 43.1 Å². The van der Waals surface area contributed by atoms with Crippen molar-refractivity contribution in [1.82, 2.24) is 4.98 Å². The summed E-state index contributed by atoms with van der Waals surface area (Å²) in [4.78, 5) is 7.13. The van der Waals surface area contributed by atoms with Crippen LogP contribution in [0.15, 0.2) is 36.4 Å². The van der Waals surface area contributed by atoms with Gasteiger partial charge in [-0.3, -0.25) is 0 Å². The fourth-order valence-corrected chi connectivity index (χ4v) is 3.98. The smallest absolute Gasteiger partial charge is 0.130 e. The first-order valence-electron chi connectivity index (χ1n) is 9.68. The van der Waals surface area contributed by atoms with Gasteiger partial charge in [0, 0.05) is 55.7 Å². The minimum atomic E-state index is -0.181. The molecule has 2 aromatic rings. The van der Waals surface area contributed by atoms with E-state index in [-0.39, 0.29) is 5.82 Å². The number of halogens is 1. The van der Waals surface area contributed by atoms with Crippen molar-refractivity contribution in [3.05, 3.63) is 53.5 Å². The van der Waals surface area contributed by atoms with Crippen LogP contribution in [0.1, 0.15) is 30.0 Å². The zero-order valence-corrected chi connectivity index (χ0v) is 16.3. The summed E-state index contributed by atoms with van der Waals surface area (Å²) in [5.41, 5.74) is 3.40. The number of nitrogens with zero attached hydrogens (tertiary/aromatic N) is 2. The first-order valence-corrected chi connectivity index (χ1v) is 10.3. The lowest BCUT2D eigenvalue weighted by Gasteiger charge is -2.41. The summed E-state index contributed by atoms with van der Waals surface area (Å²) in [5, 5.41) is 3.66. The Bertz CT molecular complexity index is 759. The fourth-order valence-electron chi connectivity index (χ4n) is 3.75. The lowest BCUT2D eigenvalue weighted by molar-refractivity contribution is 0.0904. The Morgan fingerprint density at radius 2 is 1.89 bits per heavy atom. The molecule has 1 aromatic carbocycles. The summed E-state index contributed by atoms with van der Waals surface area (Å²) in [6.45, 7) is 3.48. The molecule has 0 radical (unpaired) electrons. The highest BCUT2D eigenvalue weighted by molar-refractivity contribution is 7.80. The topological polar surface area (TPSA) is 37.4 Å². The van der Waals surface area contributed by atoms with Crippen LogP contribution in [0.25, 0.3) is 0 Å². The normalized spacial score (nSPS) is 18.4. The van der Waals surface area contributed by atoms with E-state index in [1.165, 1.54) is 5.56 Å². The molecule has 1 aromatic heterocycles. The van der Waals surface area contributed by atoms with E-state index < -0.39 is 0 Å². The molecule has 0 saturated carbocycles. The number of hydrogen-bond acceptors (Lipinski definition) is 5. The number of rotatable bonds is 6. The minimum absolute atomic E-state index is 0.181. The van der Waals surface area contributed by atoms with Crippen LogP contribution < -0.4 is 10.2 Å². The molecule has 27 heavy (non-hydrogen) atoms. The summed E-state index contributed by atoms with van der Waals surface area (Å²) in [6.07, 6.45) is 2.93. The van der Waals surface area contributed by atoms with Gasteiger partial charge < -0.3 is 15.0 Å². The van der Waals surface area contributed by atoms with Crippen LogP contribution in [0.3, 0.4) is 0 Å². The van der Waals surface area contributed by atoms with Crippen LogP contribution in [0.5, 0.6) is 0 Å². The van der Waals surface area contributed by atoms with Crippen molar-refractivity contribution in [3.63, 3.8) is 0 Å². The van der Waals surface area contributed by atoms with Gasteiger partial charge in [-0.1, -0.05) is 12.1 Å². The third-order valence-electron chi connectivity index (χ3n) is 5.37. The number of benzene rings is 1. The SMILES string of the molecule is Fc1ccc(C2CN(c3cc(NC4CCOCC4)cc(CCS)n3)C2)cc1. The molecule has 2 fully saturated rings. The zero-order valence-electron chi connectivity index (χ0n) is 15.4. The number of thiol groups is 1. The number of ether oxygens (including phenoxy) is 1. The third-order valence-corrected chi connectivity index (χ3v) is 5.60. The van der Waals surface area contributed by atoms with E-state index in [0.717, 1.165) is 68.5 Å². The molecular formula is C21H26FN3OS. The van der Waals surface area contributed by atoms with Crippen molar-refractivity contribution in [1.29, 1.82) is 0 Å². The van der Waals surface area contributed by atoms with E-state index in [2.05, 4.69) is 35.0 Å². The quantitative estimate of drug-likeness (QED) is 0.738. The average molecular weight is 388 g/mol. The Labute approximate surface area is 165 Å². The van der Waals surface area contributed by atoms with Gasteiger partial charge in [0.25, 0.3) is 0 Å². The number of aryl methyl sites for hydroxylation is 1. The zero-order chi connectivity index (χ0) is 18.6. The molecule has 4 rings (SSSR count). The van der Waals surface area contributed by atoms with Crippen molar-refractivity contribution in [2.24, 2.45) is 0 Å². The summed E-state index contributed by atoms with van der Waals surface area (Å²) in [5.74, 6) is 2.06. The number of pyridine rings is 1. The van der Waals surface area contributed by atoms with E-state index in [9.17, 15) is 4.39 Å². The lowest BCUT2D eigenvalue weighted by Crippen LogP contribution is -2.45. The van der Waals surface area contributed by atoms with Gasteiger partial charge in [0.15, 0.2) is 0 Å². The predicted octanol–water partition coefficient (Wildman–Crippen LogP) is 3.89. The third kappa shape index (κ3) is 4.55. The van der Waals surface area contributed by atoms with Crippen molar-refractivity contribution in [3.8, 4) is 0 Å². The average Bonchev–Trinajstić information content (AvgIpc) is 2.63. The van der Waals surface area contributed by atoms with Crippen LogP contribution in [0.4, 0.5) is 15.9 Å². The molecule has 0 aliphatic carbocycles. The molecule has 1 N–H and O–H groups in total. The monoisotopic (exact) mass is 387 g/mol. The Balaban J connectivity index is 1.46. The molecule has 2 aliphatic rings. The molecule has 2 saturated heterocycles. The van der Waals surface area contributed by atoms with Crippen molar-refractivity contribution in [2.45, 2.75) is 31.2 Å². The summed E-state index contributed by atoms with van der Waals surface area (Å²) in [7, 11) is 0. The molecular weight excluding hydrogens is 361 g/mol. The van der Waals surface area contributed by atoms with Gasteiger partial charge in [-0.15, -0.1) is 0 Å². The molecule has 4 nitrogen and oxygen atoms in total. The summed E-state index contributed by atoms with van der Waals surface area (Å²) < 4.78 is 18.6. The number of anilines is 2. The first kappa shape index (κ1) is 18.6. The van der Waals surface area contributed by atoms with E-state index in [1.807, 2.05) is 12.1 Å². The lowest BCUT2D eigenvalue weighted by atomic mass is 9.91. The summed E-state index contributed by atoms with van der Waals surface area (Å²) in [6, 6.07) is 11.6. The largest absolute Gasteiger partial charge is 0.382 e. The number of nitrogens with one attached hydrogen (secondary N) is 1. The highest BCUT2D eigenvalue weighted by Crippen LogP contribution is 2.32. The predicted molar refractivity (Wildman–Crippen MR) is 111 cm³/mol. The van der Waals surface area contributed by atoms with Gasteiger partial charge in [0.2, 0.25) is 0 Å². The molecule has 0 bridgehead atoms. The van der Waals surface area contributed by atoms with Gasteiger partial charge >= 0.3 is 0 Å². The Morgan fingerprint density at radius 3 is 2.59 bits per heavy atom. The molecule has 0 spiro atoms. The van der Waals surface area contributed by atoms with Crippen LogP contribution in [0, 0.1) is 5.82 Å². The molecule has 0 unspecified atom stereocenters. The van der Waals surface area contributed by atoms with Crippen LogP contribution >= 0.6 is 12.6 Å². The van der Waals surface area contributed by atoms with E-state index in [4.69, 9.17) is 9.72 Å². The van der Waals surface area contributed by atoms with Crippen molar-refractivity contribution < 1.29 is 9.13 Å². The highest BCUT2D eigenvalue weighted by Gasteiger charge is 2.29. The second kappa shape index (κ2) is 8.48. The summed E-state index contributed by atoms with van der Waals surface area (Å²) >= 11 is 4.37. The number of aromatic nitrogens is 1. The molecule has 0 amide bonds. The molecule has 0 atom stereocenters. The maximum absolute atomic E-state index is 13.1. The molecule has 6 heteroatoms. The fraction of sp³-hybridized carbons (Fsp3) is 0.476. The Hall–Kier alpha value is -1.79. The maximum atomic E-state index is 13.1. The maximum Gasteiger partial charge on any atom is 0.130 e. The second-order valence-corrected chi connectivity index (χ2v) is 7.81.